The third kappa shape index (κ3) is 12.1. The van der Waals surface area contributed by atoms with Crippen LogP contribution in [0.15, 0.2) is 25.3 Å². The van der Waals surface area contributed by atoms with Crippen LogP contribution in [0, 0.1) is 0 Å². The van der Waals surface area contributed by atoms with E-state index in [1.807, 2.05) is 13.8 Å². The minimum absolute atomic E-state index is 0.0936. The fourth-order valence-electron chi connectivity index (χ4n) is 1.29. The van der Waals surface area contributed by atoms with E-state index in [0.717, 1.165) is 0 Å². The molecule has 7 heteroatoms. The van der Waals surface area contributed by atoms with Crippen LogP contribution in [0.4, 0.5) is 0 Å². The van der Waals surface area contributed by atoms with E-state index in [2.05, 4.69) is 23.8 Å². The van der Waals surface area contributed by atoms with Crippen molar-refractivity contribution in [1.29, 1.82) is 0 Å². The van der Waals surface area contributed by atoms with Crippen LogP contribution in [0.25, 0.3) is 0 Å². The van der Waals surface area contributed by atoms with Gasteiger partial charge in [-0.1, -0.05) is 13.2 Å². The van der Waals surface area contributed by atoms with E-state index < -0.39 is 0 Å². The fourth-order valence-corrected chi connectivity index (χ4v) is 1.29. The molecule has 0 radical (unpaired) electrons. The van der Waals surface area contributed by atoms with Gasteiger partial charge in [-0.15, -0.1) is 0 Å². The maximum atomic E-state index is 10.9. The van der Waals surface area contributed by atoms with E-state index in [0.29, 0.717) is 26.4 Å². The summed E-state index contributed by atoms with van der Waals surface area (Å²) in [6.45, 7) is 12.2. The summed E-state index contributed by atoms with van der Waals surface area (Å²) < 4.78 is 16.3. The van der Waals surface area contributed by atoms with Gasteiger partial charge < -0.3 is 24.8 Å². The van der Waals surface area contributed by atoms with Gasteiger partial charge in [0.05, 0.1) is 32.0 Å². The number of nitrogens with one attached hydrogen (secondary N) is 2. The van der Waals surface area contributed by atoms with Crippen molar-refractivity contribution in [2.75, 3.05) is 33.1 Å². The molecule has 2 atom stereocenters. The van der Waals surface area contributed by atoms with Crippen molar-refractivity contribution >= 4 is 11.8 Å². The minimum atomic E-state index is -0.279. The Balaban J connectivity index is 3.53. The molecule has 0 heterocycles. The molecule has 0 aliphatic carbocycles. The second kappa shape index (κ2) is 13.0. The van der Waals surface area contributed by atoms with Crippen LogP contribution in [0.5, 0.6) is 0 Å². The van der Waals surface area contributed by atoms with Crippen LogP contribution < -0.4 is 10.6 Å². The summed E-state index contributed by atoms with van der Waals surface area (Å²) in [5.74, 6) is -0.499. The average molecular weight is 314 g/mol. The molecule has 0 bridgehead atoms. The van der Waals surface area contributed by atoms with E-state index in [4.69, 9.17) is 14.2 Å². The van der Waals surface area contributed by atoms with Crippen molar-refractivity contribution < 1.29 is 23.8 Å². The van der Waals surface area contributed by atoms with Gasteiger partial charge in [0.2, 0.25) is 11.8 Å². The molecule has 7 nitrogen and oxygen atoms in total. The standard InChI is InChI=1S/C15H26N2O5/c1-5-14(18)16-7-8-20-9-12(3)21-10-13(4)22-11-17-15(19)6-2/h5-6,12-13H,1-2,7-11H2,3-4H3,(H,16,18)(H,17,19). The molecule has 0 aromatic carbocycles. The van der Waals surface area contributed by atoms with Gasteiger partial charge in [-0.2, -0.15) is 0 Å². The Bertz CT molecular complexity index is 360. The minimum Gasteiger partial charge on any atom is -0.377 e. The lowest BCUT2D eigenvalue weighted by molar-refractivity contribution is -0.120. The Labute approximate surface area is 131 Å². The molecule has 0 aromatic heterocycles. The third-order valence-corrected chi connectivity index (χ3v) is 2.50. The number of rotatable bonds is 13. The van der Waals surface area contributed by atoms with Crippen molar-refractivity contribution in [1.82, 2.24) is 10.6 Å². The first-order valence-corrected chi connectivity index (χ1v) is 7.11. The molecular weight excluding hydrogens is 288 g/mol. The SMILES string of the molecule is C=CC(=O)NCCOCC(C)OCC(C)OCNC(=O)C=C. The fraction of sp³-hybridized carbons (Fsp3) is 0.600. The number of carbonyl (C=O) groups excluding carboxylic acids is 2. The first-order valence-electron chi connectivity index (χ1n) is 7.11. The van der Waals surface area contributed by atoms with Crippen LogP contribution in [0.3, 0.4) is 0 Å². The predicted octanol–water partition coefficient (Wildman–Crippen LogP) is 0.375. The smallest absolute Gasteiger partial charge is 0.245 e. The van der Waals surface area contributed by atoms with Gasteiger partial charge in [-0.25, -0.2) is 0 Å². The van der Waals surface area contributed by atoms with Crippen LogP contribution in [0.2, 0.25) is 0 Å². The van der Waals surface area contributed by atoms with Crippen LogP contribution >= 0.6 is 0 Å². The number of carbonyl (C=O) groups is 2. The van der Waals surface area contributed by atoms with Crippen molar-refractivity contribution in [3.05, 3.63) is 25.3 Å². The highest BCUT2D eigenvalue weighted by Crippen LogP contribution is 1.97. The van der Waals surface area contributed by atoms with E-state index >= 15 is 0 Å². The van der Waals surface area contributed by atoms with Crippen molar-refractivity contribution in [3.8, 4) is 0 Å². The third-order valence-electron chi connectivity index (χ3n) is 2.50. The molecule has 0 aromatic rings. The molecule has 0 aliphatic rings. The van der Waals surface area contributed by atoms with E-state index in [9.17, 15) is 9.59 Å². The highest BCUT2D eigenvalue weighted by molar-refractivity contribution is 5.87. The highest BCUT2D eigenvalue weighted by Gasteiger charge is 2.07. The lowest BCUT2D eigenvalue weighted by Gasteiger charge is -2.18. The van der Waals surface area contributed by atoms with Crippen LogP contribution in [-0.4, -0.2) is 57.1 Å². The molecule has 2 amide bonds. The van der Waals surface area contributed by atoms with E-state index in [-0.39, 0.29) is 30.8 Å². The van der Waals surface area contributed by atoms with Gasteiger partial charge in [-0.05, 0) is 26.0 Å². The zero-order chi connectivity index (χ0) is 16.8. The van der Waals surface area contributed by atoms with Crippen molar-refractivity contribution in [2.24, 2.45) is 0 Å². The Morgan fingerprint density at radius 3 is 2.23 bits per heavy atom. The Hall–Kier alpha value is -1.70. The van der Waals surface area contributed by atoms with E-state index in [1.54, 1.807) is 0 Å². The first kappa shape index (κ1) is 20.3. The number of hydrogen-bond acceptors (Lipinski definition) is 5. The van der Waals surface area contributed by atoms with Gasteiger partial charge in [0.15, 0.2) is 0 Å². The van der Waals surface area contributed by atoms with Gasteiger partial charge in [0.25, 0.3) is 0 Å². The van der Waals surface area contributed by atoms with Gasteiger partial charge >= 0.3 is 0 Å². The molecule has 2 unspecified atom stereocenters. The topological polar surface area (TPSA) is 85.9 Å². The number of amides is 2. The molecule has 0 saturated carbocycles. The summed E-state index contributed by atoms with van der Waals surface area (Å²) in [5.41, 5.74) is 0. The van der Waals surface area contributed by atoms with Crippen LogP contribution in [-0.2, 0) is 23.8 Å². The summed E-state index contributed by atoms with van der Waals surface area (Å²) in [6.07, 6.45) is 2.15. The van der Waals surface area contributed by atoms with Gasteiger partial charge in [0, 0.05) is 6.54 Å². The second-order valence-electron chi connectivity index (χ2n) is 4.58. The molecule has 0 spiro atoms. The molecule has 0 rings (SSSR count). The second-order valence-corrected chi connectivity index (χ2v) is 4.58. The average Bonchev–Trinajstić information content (AvgIpc) is 2.51. The summed E-state index contributed by atoms with van der Waals surface area (Å²) in [6, 6.07) is 0. The van der Waals surface area contributed by atoms with Gasteiger partial charge in [0.1, 0.15) is 6.73 Å². The predicted molar refractivity (Wildman–Crippen MR) is 83.2 cm³/mol. The number of hydrogen-bond donors (Lipinski definition) is 2. The monoisotopic (exact) mass is 314 g/mol. The van der Waals surface area contributed by atoms with E-state index in [1.165, 1.54) is 12.2 Å². The Kier molecular flexibility index (Phi) is 12.0. The Morgan fingerprint density at radius 2 is 1.59 bits per heavy atom. The Morgan fingerprint density at radius 1 is 1.00 bits per heavy atom. The molecule has 0 aliphatic heterocycles. The van der Waals surface area contributed by atoms with Gasteiger partial charge in [-0.3, -0.25) is 9.59 Å². The molecule has 126 valence electrons. The van der Waals surface area contributed by atoms with Crippen molar-refractivity contribution in [3.63, 3.8) is 0 Å². The zero-order valence-electron chi connectivity index (χ0n) is 13.3. The van der Waals surface area contributed by atoms with Crippen molar-refractivity contribution in [2.45, 2.75) is 26.1 Å². The summed E-state index contributed by atoms with van der Waals surface area (Å²) in [4.78, 5) is 21.8. The molecular formula is C15H26N2O5. The summed E-state index contributed by atoms with van der Waals surface area (Å²) in [5, 5.41) is 5.12. The highest BCUT2D eigenvalue weighted by atomic mass is 16.6. The molecule has 0 saturated heterocycles. The molecule has 0 fully saturated rings. The number of ether oxygens (including phenoxy) is 3. The lowest BCUT2D eigenvalue weighted by Crippen LogP contribution is -2.30. The lowest BCUT2D eigenvalue weighted by atomic mass is 10.4. The first-order chi connectivity index (χ1) is 10.5. The quantitative estimate of drug-likeness (QED) is 0.291. The normalized spacial score (nSPS) is 13.0. The molecule has 22 heavy (non-hydrogen) atoms. The largest absolute Gasteiger partial charge is 0.377 e. The maximum Gasteiger partial charge on any atom is 0.245 e. The summed E-state index contributed by atoms with van der Waals surface area (Å²) in [7, 11) is 0. The summed E-state index contributed by atoms with van der Waals surface area (Å²) >= 11 is 0. The molecule has 2 N–H and O–H groups in total. The maximum absolute atomic E-state index is 10.9. The zero-order valence-corrected chi connectivity index (χ0v) is 13.3. The van der Waals surface area contributed by atoms with Crippen LogP contribution in [0.1, 0.15) is 13.8 Å².